The van der Waals surface area contributed by atoms with Crippen LogP contribution in [-0.2, 0) is 9.59 Å². The van der Waals surface area contributed by atoms with Gasteiger partial charge in [-0.2, -0.15) is 0 Å². The van der Waals surface area contributed by atoms with E-state index in [1.807, 2.05) is 0 Å². The van der Waals surface area contributed by atoms with Crippen LogP contribution in [0.25, 0.3) is 0 Å². The summed E-state index contributed by atoms with van der Waals surface area (Å²) in [4.78, 5) is 34.5. The Morgan fingerprint density at radius 2 is 1.94 bits per heavy atom. The second-order valence-electron chi connectivity index (χ2n) is 4.13. The molecule has 3 N–H and O–H groups in total. The van der Waals surface area contributed by atoms with Gasteiger partial charge in [-0.15, -0.1) is 0 Å². The minimum atomic E-state index is -0.883. The van der Waals surface area contributed by atoms with E-state index in [0.29, 0.717) is 19.5 Å². The molecule has 7 heteroatoms. The van der Waals surface area contributed by atoms with Crippen molar-refractivity contribution in [2.45, 2.75) is 19.8 Å². The fraction of sp³-hybridized carbons (Fsp3) is 0.727. The number of carboxylic acid groups (broad SMARTS) is 1. The maximum atomic E-state index is 11.6. The van der Waals surface area contributed by atoms with Gasteiger partial charge in [-0.05, 0) is 6.42 Å². The monoisotopic (exact) mass is 259 g/mol. The fourth-order valence-corrected chi connectivity index (χ4v) is 1.39. The second-order valence-corrected chi connectivity index (χ2v) is 4.13. The number of nitrogens with zero attached hydrogens (tertiary/aromatic N) is 1. The molecular weight excluding hydrogens is 238 g/mol. The van der Waals surface area contributed by atoms with Gasteiger partial charge < -0.3 is 20.6 Å². The predicted molar refractivity (Wildman–Crippen MR) is 66.1 cm³/mol. The van der Waals surface area contributed by atoms with Gasteiger partial charge in [-0.1, -0.05) is 6.92 Å². The predicted octanol–water partition coefficient (Wildman–Crippen LogP) is -0.125. The molecule has 0 aromatic heterocycles. The Bertz CT molecular complexity index is 307. The molecule has 104 valence electrons. The van der Waals surface area contributed by atoms with Crippen LogP contribution < -0.4 is 10.6 Å². The Labute approximate surface area is 107 Å². The number of rotatable bonds is 7. The molecule has 0 spiro atoms. The molecule has 0 aliphatic carbocycles. The number of amides is 3. The molecule has 1 atom stereocenters. The van der Waals surface area contributed by atoms with Crippen LogP contribution in [0.2, 0.25) is 0 Å². The van der Waals surface area contributed by atoms with Crippen molar-refractivity contribution in [2.24, 2.45) is 5.92 Å². The highest BCUT2D eigenvalue weighted by atomic mass is 16.4. The van der Waals surface area contributed by atoms with Gasteiger partial charge in [0.2, 0.25) is 5.91 Å². The van der Waals surface area contributed by atoms with Crippen LogP contribution in [0, 0.1) is 5.92 Å². The maximum absolute atomic E-state index is 11.6. The number of hydrogen-bond donors (Lipinski definition) is 3. The van der Waals surface area contributed by atoms with Crippen LogP contribution in [0.3, 0.4) is 0 Å². The van der Waals surface area contributed by atoms with Crippen LogP contribution in [0.15, 0.2) is 0 Å². The van der Waals surface area contributed by atoms with Gasteiger partial charge in [0.15, 0.2) is 0 Å². The lowest BCUT2D eigenvalue weighted by molar-refractivity contribution is -0.137. The molecule has 0 saturated carbocycles. The van der Waals surface area contributed by atoms with Gasteiger partial charge in [-0.3, -0.25) is 9.59 Å². The summed E-state index contributed by atoms with van der Waals surface area (Å²) in [5, 5.41) is 13.5. The van der Waals surface area contributed by atoms with Crippen molar-refractivity contribution in [1.29, 1.82) is 0 Å². The normalized spacial score (nSPS) is 11.5. The number of carbonyl (C=O) groups is 3. The number of carboxylic acids is 1. The van der Waals surface area contributed by atoms with E-state index >= 15 is 0 Å². The van der Waals surface area contributed by atoms with Crippen molar-refractivity contribution in [1.82, 2.24) is 15.5 Å². The Kier molecular flexibility index (Phi) is 7.50. The summed E-state index contributed by atoms with van der Waals surface area (Å²) in [6, 6.07) is -0.309. The minimum Gasteiger partial charge on any atom is -0.481 e. The zero-order chi connectivity index (χ0) is 14.1. The van der Waals surface area contributed by atoms with Crippen molar-refractivity contribution >= 4 is 17.9 Å². The van der Waals surface area contributed by atoms with Gasteiger partial charge in [0, 0.05) is 33.6 Å². The summed E-state index contributed by atoms with van der Waals surface area (Å²) in [6.45, 7) is 2.35. The van der Waals surface area contributed by atoms with Gasteiger partial charge in [0.1, 0.15) is 0 Å². The molecule has 7 nitrogen and oxygen atoms in total. The second kappa shape index (κ2) is 8.32. The number of aliphatic carboxylic acids is 1. The molecule has 0 aromatic carbocycles. The fourth-order valence-electron chi connectivity index (χ4n) is 1.39. The van der Waals surface area contributed by atoms with E-state index < -0.39 is 5.97 Å². The van der Waals surface area contributed by atoms with E-state index in [2.05, 4.69) is 10.6 Å². The average molecular weight is 259 g/mol. The molecule has 0 rings (SSSR count). The molecule has 18 heavy (non-hydrogen) atoms. The van der Waals surface area contributed by atoms with Crippen LogP contribution in [-0.4, -0.2) is 55.1 Å². The largest absolute Gasteiger partial charge is 0.481 e. The third kappa shape index (κ3) is 6.72. The number of nitrogens with one attached hydrogen (secondary N) is 2. The average Bonchev–Trinajstić information content (AvgIpc) is 2.32. The molecule has 0 heterocycles. The molecule has 0 aliphatic rings. The summed E-state index contributed by atoms with van der Waals surface area (Å²) in [5.41, 5.74) is 0. The number of hydrogen-bond acceptors (Lipinski definition) is 3. The van der Waals surface area contributed by atoms with Crippen molar-refractivity contribution in [3.05, 3.63) is 0 Å². The van der Waals surface area contributed by atoms with Crippen LogP contribution >= 0.6 is 0 Å². The summed E-state index contributed by atoms with van der Waals surface area (Å²) < 4.78 is 0. The molecule has 3 amide bonds. The molecule has 0 fully saturated rings. The third-order valence-corrected chi connectivity index (χ3v) is 2.43. The highest BCUT2D eigenvalue weighted by molar-refractivity contribution is 5.79. The SMILES string of the molecule is CNC(=O)C(C)CN(C)C(=O)NCCCC(=O)O. The summed E-state index contributed by atoms with van der Waals surface area (Å²) in [7, 11) is 3.14. The van der Waals surface area contributed by atoms with E-state index in [1.165, 1.54) is 4.90 Å². The van der Waals surface area contributed by atoms with E-state index in [9.17, 15) is 14.4 Å². The Morgan fingerprint density at radius 1 is 1.33 bits per heavy atom. The quantitative estimate of drug-likeness (QED) is 0.555. The van der Waals surface area contributed by atoms with E-state index in [4.69, 9.17) is 5.11 Å². The van der Waals surface area contributed by atoms with Gasteiger partial charge in [-0.25, -0.2) is 4.79 Å². The molecule has 0 radical (unpaired) electrons. The lowest BCUT2D eigenvalue weighted by Crippen LogP contribution is -2.42. The number of urea groups is 1. The highest BCUT2D eigenvalue weighted by Crippen LogP contribution is 1.98. The van der Waals surface area contributed by atoms with Crippen molar-refractivity contribution in [3.63, 3.8) is 0 Å². The molecule has 0 aromatic rings. The first kappa shape index (κ1) is 16.2. The molecule has 0 aliphatic heterocycles. The van der Waals surface area contributed by atoms with Crippen LogP contribution in [0.4, 0.5) is 4.79 Å². The van der Waals surface area contributed by atoms with Crippen molar-refractivity contribution in [2.75, 3.05) is 27.2 Å². The molecule has 1 unspecified atom stereocenters. The highest BCUT2D eigenvalue weighted by Gasteiger charge is 2.16. The van der Waals surface area contributed by atoms with Crippen molar-refractivity contribution < 1.29 is 19.5 Å². The summed E-state index contributed by atoms with van der Waals surface area (Å²) in [5.74, 6) is -1.30. The molecule has 0 bridgehead atoms. The molecular formula is C11H21N3O4. The molecule has 0 saturated heterocycles. The van der Waals surface area contributed by atoms with E-state index in [-0.39, 0.29) is 24.3 Å². The zero-order valence-electron chi connectivity index (χ0n) is 11.0. The van der Waals surface area contributed by atoms with Gasteiger partial charge in [0.25, 0.3) is 0 Å². The van der Waals surface area contributed by atoms with Crippen LogP contribution in [0.5, 0.6) is 0 Å². The topological polar surface area (TPSA) is 98.7 Å². The Hall–Kier alpha value is -1.79. The van der Waals surface area contributed by atoms with Gasteiger partial charge >= 0.3 is 12.0 Å². The van der Waals surface area contributed by atoms with E-state index in [1.54, 1.807) is 21.0 Å². The number of carbonyl (C=O) groups excluding carboxylic acids is 2. The third-order valence-electron chi connectivity index (χ3n) is 2.43. The first-order valence-corrected chi connectivity index (χ1v) is 5.80. The van der Waals surface area contributed by atoms with Crippen molar-refractivity contribution in [3.8, 4) is 0 Å². The smallest absolute Gasteiger partial charge is 0.317 e. The summed E-state index contributed by atoms with van der Waals surface area (Å²) in [6.07, 6.45) is 0.415. The minimum absolute atomic E-state index is 0.0264. The first-order chi connectivity index (χ1) is 8.38. The van der Waals surface area contributed by atoms with Crippen LogP contribution in [0.1, 0.15) is 19.8 Å². The van der Waals surface area contributed by atoms with Gasteiger partial charge in [0.05, 0.1) is 5.92 Å². The first-order valence-electron chi connectivity index (χ1n) is 5.80. The maximum Gasteiger partial charge on any atom is 0.317 e. The lowest BCUT2D eigenvalue weighted by atomic mass is 10.1. The van der Waals surface area contributed by atoms with E-state index in [0.717, 1.165) is 0 Å². The lowest BCUT2D eigenvalue weighted by Gasteiger charge is -2.21. The summed E-state index contributed by atoms with van der Waals surface area (Å²) >= 11 is 0. The zero-order valence-corrected chi connectivity index (χ0v) is 11.0. The Morgan fingerprint density at radius 3 is 2.44 bits per heavy atom. The Balaban J connectivity index is 3.89. The standard InChI is InChI=1S/C11H21N3O4/c1-8(10(17)12-2)7-14(3)11(18)13-6-4-5-9(15)16/h8H,4-7H2,1-3H3,(H,12,17)(H,13,18)(H,15,16).